The Balaban J connectivity index is 1.94. The van der Waals surface area contributed by atoms with Crippen LogP contribution in [0.15, 0.2) is 48.7 Å². The van der Waals surface area contributed by atoms with Gasteiger partial charge in [0.25, 0.3) is 0 Å². The van der Waals surface area contributed by atoms with Crippen molar-refractivity contribution < 1.29 is 4.79 Å². The topological polar surface area (TPSA) is 30.0 Å². The first kappa shape index (κ1) is 16.8. The second-order valence-electron chi connectivity index (χ2n) is 5.37. The van der Waals surface area contributed by atoms with Gasteiger partial charge in [-0.1, -0.05) is 68.3 Å². The lowest BCUT2D eigenvalue weighted by molar-refractivity contribution is 0.108. The third kappa shape index (κ3) is 5.30. The molecule has 0 saturated carbocycles. The highest BCUT2D eigenvalue weighted by Gasteiger charge is 2.12. The molecule has 0 aliphatic carbocycles. The lowest BCUT2D eigenvalue weighted by Crippen LogP contribution is -2.03. The molecule has 1 heterocycles. The second-order valence-corrected chi connectivity index (χ2v) is 6.32. The normalized spacial score (nSPS) is 10.6. The van der Waals surface area contributed by atoms with E-state index in [2.05, 4.69) is 24.0 Å². The summed E-state index contributed by atoms with van der Waals surface area (Å²) in [4.78, 5) is 16.9. The molecule has 116 valence electrons. The zero-order valence-corrected chi connectivity index (χ0v) is 13.9. The molecule has 0 unspecified atom stereocenters. The van der Waals surface area contributed by atoms with Gasteiger partial charge in [-0.15, -0.1) is 0 Å². The van der Waals surface area contributed by atoms with Crippen LogP contribution < -0.4 is 0 Å². The highest BCUT2D eigenvalue weighted by atomic mass is 32.2. The van der Waals surface area contributed by atoms with Crippen LogP contribution in [-0.4, -0.2) is 10.1 Å². The molecule has 0 spiro atoms. The maximum Gasteiger partial charge on any atom is 0.221 e. The summed E-state index contributed by atoms with van der Waals surface area (Å²) in [5.41, 5.74) is 2.90. The van der Waals surface area contributed by atoms with Crippen molar-refractivity contribution in [2.45, 2.75) is 44.8 Å². The van der Waals surface area contributed by atoms with Gasteiger partial charge >= 0.3 is 0 Å². The fourth-order valence-corrected chi connectivity index (χ4v) is 3.17. The number of unbranched alkanes of at least 4 members (excludes halogenated alkanes) is 3. The summed E-state index contributed by atoms with van der Waals surface area (Å²) in [7, 11) is 0. The molecule has 2 aromatic rings. The molecule has 0 amide bonds. The number of thioether (sulfide) groups is 1. The Morgan fingerprint density at radius 1 is 1.05 bits per heavy atom. The summed E-state index contributed by atoms with van der Waals surface area (Å²) >= 11 is 1.36. The van der Waals surface area contributed by atoms with Crippen LogP contribution in [0.5, 0.6) is 0 Å². The summed E-state index contributed by atoms with van der Waals surface area (Å²) in [6, 6.07) is 13.9. The molecule has 1 aromatic carbocycles. The van der Waals surface area contributed by atoms with E-state index in [4.69, 9.17) is 0 Å². The molecule has 2 nitrogen and oxygen atoms in total. The van der Waals surface area contributed by atoms with Crippen molar-refractivity contribution in [3.05, 3.63) is 65.5 Å². The van der Waals surface area contributed by atoms with Crippen molar-refractivity contribution in [1.82, 2.24) is 4.98 Å². The number of carbonyl (C=O) groups is 1. The maximum atomic E-state index is 12.5. The number of aryl methyl sites for hydroxylation is 1. The van der Waals surface area contributed by atoms with Crippen molar-refractivity contribution in [2.75, 3.05) is 0 Å². The van der Waals surface area contributed by atoms with Gasteiger partial charge in [0.05, 0.1) is 11.3 Å². The first-order valence-electron chi connectivity index (χ1n) is 7.96. The summed E-state index contributed by atoms with van der Waals surface area (Å²) in [6.45, 7) is 2.20. The number of nitrogens with zero attached hydrogens (tertiary/aromatic N) is 1. The smallest absolute Gasteiger partial charge is 0.221 e. The Labute approximate surface area is 137 Å². The number of benzene rings is 1. The zero-order chi connectivity index (χ0) is 15.6. The summed E-state index contributed by atoms with van der Waals surface area (Å²) in [6.07, 6.45) is 7.47. The van der Waals surface area contributed by atoms with Crippen LogP contribution in [0.25, 0.3) is 0 Å². The van der Waals surface area contributed by atoms with E-state index >= 15 is 0 Å². The van der Waals surface area contributed by atoms with Crippen LogP contribution in [0.4, 0.5) is 0 Å². The molecule has 0 aliphatic heterocycles. The third-order valence-corrected chi connectivity index (χ3v) is 4.55. The summed E-state index contributed by atoms with van der Waals surface area (Å²) in [5.74, 6) is 0.712. The molecular formula is C19H23NOS. The van der Waals surface area contributed by atoms with Crippen molar-refractivity contribution in [3.8, 4) is 0 Å². The number of aromatic nitrogens is 1. The van der Waals surface area contributed by atoms with E-state index in [-0.39, 0.29) is 5.12 Å². The first-order valence-corrected chi connectivity index (χ1v) is 8.94. The number of hydrogen-bond donors (Lipinski definition) is 0. The van der Waals surface area contributed by atoms with Gasteiger partial charge in [0.2, 0.25) is 5.12 Å². The van der Waals surface area contributed by atoms with E-state index in [1.165, 1.54) is 36.6 Å². The average molecular weight is 313 g/mol. The number of rotatable bonds is 8. The number of pyridine rings is 1. The van der Waals surface area contributed by atoms with Gasteiger partial charge in [-0.3, -0.25) is 9.78 Å². The summed E-state index contributed by atoms with van der Waals surface area (Å²) in [5, 5.41) is 0.127. The third-order valence-electron chi connectivity index (χ3n) is 3.59. The molecule has 0 radical (unpaired) electrons. The Hall–Kier alpha value is -1.61. The van der Waals surface area contributed by atoms with E-state index in [0.29, 0.717) is 5.75 Å². The molecule has 22 heavy (non-hydrogen) atoms. The fraction of sp³-hybridized carbons (Fsp3) is 0.368. The predicted molar refractivity (Wildman–Crippen MR) is 94.2 cm³/mol. The van der Waals surface area contributed by atoms with Gasteiger partial charge in [0.15, 0.2) is 0 Å². The highest BCUT2D eigenvalue weighted by Crippen LogP contribution is 2.20. The van der Waals surface area contributed by atoms with Crippen LogP contribution >= 0.6 is 11.8 Å². The molecule has 0 bridgehead atoms. The Kier molecular flexibility index (Phi) is 7.17. The zero-order valence-electron chi connectivity index (χ0n) is 13.1. The van der Waals surface area contributed by atoms with Crippen molar-refractivity contribution in [1.29, 1.82) is 0 Å². The van der Waals surface area contributed by atoms with Gasteiger partial charge in [-0.05, 0) is 30.5 Å². The quantitative estimate of drug-likeness (QED) is 0.621. The van der Waals surface area contributed by atoms with Crippen molar-refractivity contribution >= 4 is 16.9 Å². The van der Waals surface area contributed by atoms with Gasteiger partial charge in [0.1, 0.15) is 0 Å². The van der Waals surface area contributed by atoms with Crippen LogP contribution in [0.2, 0.25) is 0 Å². The predicted octanol–water partition coefficient (Wildman–Crippen LogP) is 5.28. The standard InChI is InChI=1S/C19H23NOS/c1-2-3-4-8-13-18-17(12-9-14-20-18)19(21)22-15-16-10-6-5-7-11-16/h5-7,9-12,14H,2-4,8,13,15H2,1H3. The van der Waals surface area contributed by atoms with Crippen LogP contribution in [0.1, 0.15) is 54.2 Å². The Bertz CT molecular complexity index is 583. The number of hydrogen-bond acceptors (Lipinski definition) is 3. The monoisotopic (exact) mass is 313 g/mol. The summed E-state index contributed by atoms with van der Waals surface area (Å²) < 4.78 is 0. The van der Waals surface area contributed by atoms with Crippen molar-refractivity contribution in [3.63, 3.8) is 0 Å². The van der Waals surface area contributed by atoms with E-state index in [1.54, 1.807) is 6.20 Å². The SMILES string of the molecule is CCCCCCc1ncccc1C(=O)SCc1ccccc1. The van der Waals surface area contributed by atoms with E-state index in [1.807, 2.05) is 30.3 Å². The Morgan fingerprint density at radius 3 is 2.64 bits per heavy atom. The molecule has 0 atom stereocenters. The minimum Gasteiger partial charge on any atom is -0.281 e. The fourth-order valence-electron chi connectivity index (χ4n) is 2.34. The van der Waals surface area contributed by atoms with Gasteiger partial charge in [-0.2, -0.15) is 0 Å². The molecule has 0 aliphatic rings. The molecule has 1 aromatic heterocycles. The van der Waals surface area contributed by atoms with E-state index in [9.17, 15) is 4.79 Å². The molecule has 2 rings (SSSR count). The Morgan fingerprint density at radius 2 is 1.86 bits per heavy atom. The average Bonchev–Trinajstić information content (AvgIpc) is 2.58. The van der Waals surface area contributed by atoms with Crippen LogP contribution in [-0.2, 0) is 12.2 Å². The van der Waals surface area contributed by atoms with Crippen molar-refractivity contribution in [2.24, 2.45) is 0 Å². The maximum absolute atomic E-state index is 12.5. The molecule has 0 saturated heterocycles. The lowest BCUT2D eigenvalue weighted by Gasteiger charge is -2.07. The van der Waals surface area contributed by atoms with Gasteiger partial charge in [-0.25, -0.2) is 0 Å². The molecule has 0 N–H and O–H groups in total. The van der Waals surface area contributed by atoms with Crippen LogP contribution in [0.3, 0.4) is 0 Å². The highest BCUT2D eigenvalue weighted by molar-refractivity contribution is 8.13. The molecule has 0 fully saturated rings. The van der Waals surface area contributed by atoms with Gasteiger partial charge in [0, 0.05) is 11.9 Å². The van der Waals surface area contributed by atoms with E-state index < -0.39 is 0 Å². The number of carbonyl (C=O) groups excluding carboxylic acids is 1. The largest absolute Gasteiger partial charge is 0.281 e. The second kappa shape index (κ2) is 9.42. The van der Waals surface area contributed by atoms with Gasteiger partial charge < -0.3 is 0 Å². The van der Waals surface area contributed by atoms with E-state index in [0.717, 1.165) is 24.1 Å². The first-order chi connectivity index (χ1) is 10.8. The molecular weight excluding hydrogens is 290 g/mol. The minimum absolute atomic E-state index is 0.127. The lowest BCUT2D eigenvalue weighted by atomic mass is 10.1. The molecule has 3 heteroatoms. The minimum atomic E-state index is 0.127. The van der Waals surface area contributed by atoms with Crippen LogP contribution in [0, 0.1) is 0 Å².